The zero-order chi connectivity index (χ0) is 10.3. The molecule has 0 aliphatic heterocycles. The average molecular weight is 245 g/mol. The van der Waals surface area contributed by atoms with Gasteiger partial charge in [0.1, 0.15) is 0 Å². The Balaban J connectivity index is 2.76. The van der Waals surface area contributed by atoms with Gasteiger partial charge in [0.15, 0.2) is 0 Å². The first-order valence-electron chi connectivity index (χ1n) is 3.86. The van der Waals surface area contributed by atoms with Crippen LogP contribution in [0.1, 0.15) is 0 Å². The largest absolute Gasteiger partial charge is 0.489 e. The fourth-order valence-corrected chi connectivity index (χ4v) is 2.97. The number of thiophene rings is 1. The van der Waals surface area contributed by atoms with Crippen molar-refractivity contribution in [2.75, 3.05) is 0 Å². The lowest BCUT2D eigenvalue weighted by atomic mass is 9.80. The van der Waals surface area contributed by atoms with E-state index in [1.807, 2.05) is 0 Å². The van der Waals surface area contributed by atoms with Gasteiger partial charge in [-0.05, 0) is 5.46 Å². The molecule has 0 spiro atoms. The summed E-state index contributed by atoms with van der Waals surface area (Å²) in [4.78, 5) is 0.578. The summed E-state index contributed by atoms with van der Waals surface area (Å²) in [5, 5.41) is 21.5. The molecule has 2 nitrogen and oxygen atoms in total. The Kier molecular flexibility index (Phi) is 2.77. The van der Waals surface area contributed by atoms with E-state index in [-0.39, 0.29) is 0 Å². The minimum atomic E-state index is -1.49. The summed E-state index contributed by atoms with van der Waals surface area (Å²) in [5.74, 6) is 0. The van der Waals surface area contributed by atoms with Crippen LogP contribution in [0.2, 0.25) is 5.02 Å². The number of benzene rings is 1. The van der Waals surface area contributed by atoms with Crippen LogP contribution in [0.25, 0.3) is 10.1 Å². The molecule has 1 heterocycles. The van der Waals surface area contributed by atoms with Gasteiger partial charge in [0, 0.05) is 20.4 Å². The maximum Gasteiger partial charge on any atom is 0.489 e. The first-order valence-corrected chi connectivity index (χ1v) is 5.56. The lowest BCUT2D eigenvalue weighted by Gasteiger charge is -2.04. The van der Waals surface area contributed by atoms with Crippen LogP contribution in [0.15, 0.2) is 22.4 Å². The molecular formula is C8H6BClO2S2. The third-order valence-corrected chi connectivity index (χ3v) is 4.07. The number of hydrogen-bond donors (Lipinski definition) is 3. The van der Waals surface area contributed by atoms with Crippen LogP contribution >= 0.6 is 35.6 Å². The van der Waals surface area contributed by atoms with Crippen molar-refractivity contribution in [1.29, 1.82) is 0 Å². The number of hydrogen-bond acceptors (Lipinski definition) is 4. The molecule has 0 bridgehead atoms. The van der Waals surface area contributed by atoms with E-state index < -0.39 is 7.12 Å². The monoisotopic (exact) mass is 244 g/mol. The van der Waals surface area contributed by atoms with Crippen LogP contribution in [-0.4, -0.2) is 17.2 Å². The highest BCUT2D eigenvalue weighted by Crippen LogP contribution is 2.33. The maximum absolute atomic E-state index is 9.05. The summed E-state index contributed by atoms with van der Waals surface area (Å²) in [6.45, 7) is 0. The first-order chi connectivity index (χ1) is 6.61. The van der Waals surface area contributed by atoms with Gasteiger partial charge in [-0.15, -0.1) is 24.0 Å². The molecule has 1 aromatic heterocycles. The lowest BCUT2D eigenvalue weighted by Crippen LogP contribution is -2.30. The van der Waals surface area contributed by atoms with E-state index in [0.717, 1.165) is 10.1 Å². The third-order valence-electron chi connectivity index (χ3n) is 1.98. The van der Waals surface area contributed by atoms with Gasteiger partial charge in [0.25, 0.3) is 0 Å². The lowest BCUT2D eigenvalue weighted by molar-refractivity contribution is 0.425. The molecule has 2 rings (SSSR count). The highest BCUT2D eigenvalue weighted by Gasteiger charge is 2.17. The molecule has 2 aromatic rings. The number of fused-ring (bicyclic) bond motifs is 1. The number of thiol groups is 1. The van der Waals surface area contributed by atoms with Crippen molar-refractivity contribution in [3.63, 3.8) is 0 Å². The van der Waals surface area contributed by atoms with Gasteiger partial charge in [-0.25, -0.2) is 0 Å². The van der Waals surface area contributed by atoms with Crippen LogP contribution in [0.3, 0.4) is 0 Å². The van der Waals surface area contributed by atoms with Crippen LogP contribution < -0.4 is 5.46 Å². The van der Waals surface area contributed by atoms with Crippen LogP contribution in [0.4, 0.5) is 0 Å². The second kappa shape index (κ2) is 3.75. The van der Waals surface area contributed by atoms with Gasteiger partial charge in [0.05, 0.1) is 5.02 Å². The summed E-state index contributed by atoms with van der Waals surface area (Å²) in [5.41, 5.74) is 0.402. The molecule has 0 unspecified atom stereocenters. The molecule has 0 aliphatic rings. The van der Waals surface area contributed by atoms with Crippen LogP contribution in [0.5, 0.6) is 0 Å². The topological polar surface area (TPSA) is 40.5 Å². The Morgan fingerprint density at radius 1 is 1.36 bits per heavy atom. The molecule has 0 amide bonds. The molecule has 1 aromatic carbocycles. The molecule has 2 N–H and O–H groups in total. The van der Waals surface area contributed by atoms with Crippen LogP contribution in [-0.2, 0) is 0 Å². The Morgan fingerprint density at radius 3 is 2.71 bits per heavy atom. The number of rotatable bonds is 1. The zero-order valence-electron chi connectivity index (χ0n) is 6.94. The molecule has 0 saturated heterocycles. The molecule has 0 fully saturated rings. The standard InChI is InChI=1S/C8H6BClO2S2/c10-6-3-14-8-4(6)1-2-5(7(8)13)9(11)12/h1-3,11-13H. The average Bonchev–Trinajstić information content (AvgIpc) is 2.49. The second-order valence-corrected chi connectivity index (χ2v) is 4.57. The third kappa shape index (κ3) is 1.55. The zero-order valence-corrected chi connectivity index (χ0v) is 9.40. The predicted octanol–water partition coefficient (Wildman–Crippen LogP) is 1.52. The minimum Gasteiger partial charge on any atom is -0.423 e. The molecule has 0 aliphatic carbocycles. The van der Waals surface area contributed by atoms with E-state index in [1.54, 1.807) is 17.5 Å². The molecule has 72 valence electrons. The van der Waals surface area contributed by atoms with Crippen molar-refractivity contribution < 1.29 is 10.0 Å². The van der Waals surface area contributed by atoms with Crippen molar-refractivity contribution in [3.8, 4) is 0 Å². The summed E-state index contributed by atoms with van der Waals surface area (Å²) >= 11 is 11.6. The summed E-state index contributed by atoms with van der Waals surface area (Å²) in [6, 6.07) is 3.39. The molecule has 0 radical (unpaired) electrons. The van der Waals surface area contributed by atoms with E-state index in [1.165, 1.54) is 11.3 Å². The van der Waals surface area contributed by atoms with E-state index in [0.29, 0.717) is 15.4 Å². The van der Waals surface area contributed by atoms with Gasteiger partial charge in [-0.3, -0.25) is 0 Å². The van der Waals surface area contributed by atoms with Gasteiger partial charge in [0.2, 0.25) is 0 Å². The van der Waals surface area contributed by atoms with Crippen LogP contribution in [0, 0.1) is 0 Å². The van der Waals surface area contributed by atoms with Gasteiger partial charge >= 0.3 is 7.12 Å². The predicted molar refractivity (Wildman–Crippen MR) is 63.9 cm³/mol. The summed E-state index contributed by atoms with van der Waals surface area (Å²) in [7, 11) is -1.49. The van der Waals surface area contributed by atoms with Crippen molar-refractivity contribution in [2.45, 2.75) is 4.90 Å². The molecular weight excluding hydrogens is 238 g/mol. The fourth-order valence-electron chi connectivity index (χ4n) is 1.28. The Morgan fingerprint density at radius 2 is 2.07 bits per heavy atom. The van der Waals surface area contributed by atoms with E-state index >= 15 is 0 Å². The highest BCUT2D eigenvalue weighted by atomic mass is 35.5. The van der Waals surface area contributed by atoms with Crippen molar-refractivity contribution in [2.24, 2.45) is 0 Å². The minimum absolute atomic E-state index is 0.402. The van der Waals surface area contributed by atoms with E-state index in [9.17, 15) is 0 Å². The molecule has 0 atom stereocenters. The SMILES string of the molecule is OB(O)c1ccc2c(Cl)csc2c1S. The van der Waals surface area contributed by atoms with Crippen molar-refractivity contribution in [1.82, 2.24) is 0 Å². The summed E-state index contributed by atoms with van der Waals surface area (Å²) < 4.78 is 0.879. The normalized spacial score (nSPS) is 10.9. The quantitative estimate of drug-likeness (QED) is 0.526. The Hall–Kier alpha value is -0.195. The van der Waals surface area contributed by atoms with Gasteiger partial charge in [-0.1, -0.05) is 23.7 Å². The smallest absolute Gasteiger partial charge is 0.423 e. The Bertz CT molecular complexity index is 483. The number of halogens is 1. The van der Waals surface area contributed by atoms with E-state index in [2.05, 4.69) is 12.6 Å². The molecule has 6 heteroatoms. The second-order valence-electron chi connectivity index (χ2n) is 2.84. The summed E-state index contributed by atoms with van der Waals surface area (Å²) in [6.07, 6.45) is 0. The van der Waals surface area contributed by atoms with Gasteiger partial charge in [-0.2, -0.15) is 0 Å². The maximum atomic E-state index is 9.05. The molecule has 14 heavy (non-hydrogen) atoms. The Labute approximate surface area is 95.7 Å². The van der Waals surface area contributed by atoms with E-state index in [4.69, 9.17) is 21.6 Å². The highest BCUT2D eigenvalue weighted by molar-refractivity contribution is 7.81. The van der Waals surface area contributed by atoms with Crippen molar-refractivity contribution in [3.05, 3.63) is 22.5 Å². The van der Waals surface area contributed by atoms with Crippen molar-refractivity contribution >= 4 is 58.2 Å². The fraction of sp³-hybridized carbons (Fsp3) is 0. The van der Waals surface area contributed by atoms with Gasteiger partial charge < -0.3 is 10.0 Å². The molecule has 0 saturated carbocycles. The first kappa shape index (κ1) is 10.3.